The molecule has 0 saturated heterocycles. The summed E-state index contributed by atoms with van der Waals surface area (Å²) in [6.07, 6.45) is 6.13. The number of nitrogen functional groups attached to an aromatic ring is 1. The van der Waals surface area contributed by atoms with Crippen LogP contribution in [0.15, 0.2) is 53.7 Å². The van der Waals surface area contributed by atoms with Gasteiger partial charge in [0.15, 0.2) is 15.5 Å². The number of ether oxygens (including phenoxy) is 3. The SMILES string of the molecule is COCCOC1(C(=O)NCOC)CCC(c2nc3c(-c4ccn(-c5ccccc5)n4)cnn3c(N)c2S(C)(=O)=O)CC1. The van der Waals surface area contributed by atoms with E-state index in [4.69, 9.17) is 30.0 Å². The standard InChI is InChI=1S/C28H35N7O6S/c1-39-15-16-41-28(27(36)30-18-40-2)12-9-19(10-13-28)23-24(42(3,37)38)25(29)35-26(32-23)21(17-31-35)22-11-14-34(33-22)20-7-5-4-6-8-20/h4-8,11,14,17,19H,9-10,12-13,15-16,18,29H2,1-3H3,(H,30,36). The lowest BCUT2D eigenvalue weighted by Gasteiger charge is -2.38. The molecule has 5 rings (SSSR count). The molecule has 14 heteroatoms. The Balaban J connectivity index is 1.52. The van der Waals surface area contributed by atoms with Crippen molar-refractivity contribution in [2.24, 2.45) is 0 Å². The summed E-state index contributed by atoms with van der Waals surface area (Å²) in [4.78, 5) is 18.0. The van der Waals surface area contributed by atoms with Gasteiger partial charge in [0.2, 0.25) is 0 Å². The third kappa shape index (κ3) is 5.75. The Hall–Kier alpha value is -3.85. The number of nitrogens with one attached hydrogen (secondary N) is 1. The summed E-state index contributed by atoms with van der Waals surface area (Å²) in [5.74, 6) is -0.587. The molecule has 4 aromatic rings. The van der Waals surface area contributed by atoms with Crippen LogP contribution in [0.3, 0.4) is 0 Å². The number of carbonyl (C=O) groups excluding carboxylic acids is 1. The van der Waals surface area contributed by atoms with Crippen molar-refractivity contribution in [2.45, 2.75) is 42.1 Å². The molecule has 0 spiro atoms. The summed E-state index contributed by atoms with van der Waals surface area (Å²) in [6.45, 7) is 0.622. The van der Waals surface area contributed by atoms with Gasteiger partial charge in [0.25, 0.3) is 5.91 Å². The van der Waals surface area contributed by atoms with E-state index in [0.717, 1.165) is 11.9 Å². The van der Waals surface area contributed by atoms with E-state index in [1.54, 1.807) is 18.0 Å². The van der Waals surface area contributed by atoms with E-state index >= 15 is 0 Å². The third-order valence-corrected chi connectivity index (χ3v) is 8.72. The van der Waals surface area contributed by atoms with Gasteiger partial charge in [-0.15, -0.1) is 0 Å². The summed E-state index contributed by atoms with van der Waals surface area (Å²) < 4.78 is 45.4. The van der Waals surface area contributed by atoms with Crippen molar-refractivity contribution in [2.75, 3.05) is 46.2 Å². The largest absolute Gasteiger partial charge is 0.382 e. The van der Waals surface area contributed by atoms with Crippen molar-refractivity contribution in [3.05, 3.63) is 54.5 Å². The fraction of sp³-hybridized carbons (Fsp3) is 0.429. The zero-order valence-corrected chi connectivity index (χ0v) is 24.6. The monoisotopic (exact) mass is 597 g/mol. The predicted molar refractivity (Wildman–Crippen MR) is 155 cm³/mol. The number of anilines is 1. The number of nitrogens with two attached hydrogens (primary N) is 1. The molecule has 1 amide bonds. The Morgan fingerprint density at radius 3 is 2.52 bits per heavy atom. The lowest BCUT2D eigenvalue weighted by atomic mass is 9.76. The number of aromatic nitrogens is 5. The van der Waals surface area contributed by atoms with E-state index in [1.807, 2.05) is 42.6 Å². The van der Waals surface area contributed by atoms with Crippen LogP contribution in [0.25, 0.3) is 22.6 Å². The van der Waals surface area contributed by atoms with Crippen molar-refractivity contribution < 1.29 is 27.4 Å². The molecule has 1 fully saturated rings. The molecule has 0 bridgehead atoms. The quantitative estimate of drug-likeness (QED) is 0.194. The normalized spacial score (nSPS) is 19.3. The van der Waals surface area contributed by atoms with Gasteiger partial charge >= 0.3 is 0 Å². The van der Waals surface area contributed by atoms with Crippen LogP contribution in [0.1, 0.15) is 37.3 Å². The molecule has 0 aliphatic heterocycles. The zero-order chi connectivity index (χ0) is 29.9. The predicted octanol–water partition coefficient (Wildman–Crippen LogP) is 2.35. The molecular weight excluding hydrogens is 562 g/mol. The molecule has 1 aliphatic carbocycles. The van der Waals surface area contributed by atoms with Gasteiger partial charge in [-0.25, -0.2) is 18.1 Å². The number of sulfone groups is 1. The molecule has 13 nitrogen and oxygen atoms in total. The number of fused-ring (bicyclic) bond motifs is 1. The zero-order valence-electron chi connectivity index (χ0n) is 23.8. The van der Waals surface area contributed by atoms with Gasteiger partial charge in [-0.3, -0.25) is 4.79 Å². The maximum Gasteiger partial charge on any atom is 0.254 e. The van der Waals surface area contributed by atoms with Gasteiger partial charge < -0.3 is 25.3 Å². The minimum absolute atomic E-state index is 0.0164. The molecule has 0 radical (unpaired) electrons. The van der Waals surface area contributed by atoms with Crippen LogP contribution in [0.2, 0.25) is 0 Å². The van der Waals surface area contributed by atoms with Gasteiger partial charge in [-0.2, -0.15) is 14.7 Å². The number of benzene rings is 1. The van der Waals surface area contributed by atoms with Gasteiger partial charge in [0.1, 0.15) is 23.0 Å². The molecule has 0 unspecified atom stereocenters. The molecule has 3 heterocycles. The molecule has 3 aromatic heterocycles. The highest BCUT2D eigenvalue weighted by atomic mass is 32.2. The van der Waals surface area contributed by atoms with E-state index in [-0.39, 0.29) is 35.9 Å². The van der Waals surface area contributed by atoms with Crippen LogP contribution < -0.4 is 11.1 Å². The van der Waals surface area contributed by atoms with E-state index in [2.05, 4.69) is 10.4 Å². The summed E-state index contributed by atoms with van der Waals surface area (Å²) in [5, 5.41) is 11.8. The second-order valence-electron chi connectivity index (χ2n) is 10.3. The van der Waals surface area contributed by atoms with E-state index in [0.29, 0.717) is 54.9 Å². The summed E-state index contributed by atoms with van der Waals surface area (Å²) in [6, 6.07) is 11.5. The van der Waals surface area contributed by atoms with Crippen LogP contribution in [0.4, 0.5) is 5.82 Å². The van der Waals surface area contributed by atoms with Gasteiger partial charge in [-0.05, 0) is 43.9 Å². The number of hydrogen-bond donors (Lipinski definition) is 2. The molecule has 1 aromatic carbocycles. The average Bonchev–Trinajstić information content (AvgIpc) is 3.64. The average molecular weight is 598 g/mol. The fourth-order valence-corrected chi connectivity index (χ4v) is 6.52. The maximum atomic E-state index is 13.1. The molecular formula is C28H35N7O6S. The van der Waals surface area contributed by atoms with E-state index in [9.17, 15) is 13.2 Å². The third-order valence-electron chi connectivity index (χ3n) is 7.56. The van der Waals surface area contributed by atoms with Crippen LogP contribution >= 0.6 is 0 Å². The molecule has 224 valence electrons. The number of amides is 1. The Morgan fingerprint density at radius 2 is 1.86 bits per heavy atom. The smallest absolute Gasteiger partial charge is 0.254 e. The minimum atomic E-state index is -3.78. The molecule has 1 saturated carbocycles. The summed E-state index contributed by atoms with van der Waals surface area (Å²) >= 11 is 0. The topological polar surface area (TPSA) is 165 Å². The number of hydrogen-bond acceptors (Lipinski definition) is 10. The first-order chi connectivity index (χ1) is 20.2. The van der Waals surface area contributed by atoms with E-state index < -0.39 is 15.4 Å². The van der Waals surface area contributed by atoms with Crippen molar-refractivity contribution in [1.82, 2.24) is 29.7 Å². The first-order valence-corrected chi connectivity index (χ1v) is 15.5. The second-order valence-corrected chi connectivity index (χ2v) is 12.3. The minimum Gasteiger partial charge on any atom is -0.382 e. The maximum absolute atomic E-state index is 13.1. The van der Waals surface area contributed by atoms with Crippen molar-refractivity contribution in [3.8, 4) is 16.9 Å². The highest BCUT2D eigenvalue weighted by Crippen LogP contribution is 2.43. The summed E-state index contributed by atoms with van der Waals surface area (Å²) in [7, 11) is -0.724. The molecule has 3 N–H and O–H groups in total. The molecule has 42 heavy (non-hydrogen) atoms. The molecule has 1 aliphatic rings. The van der Waals surface area contributed by atoms with Crippen LogP contribution in [-0.2, 0) is 28.8 Å². The lowest BCUT2D eigenvalue weighted by Crippen LogP contribution is -2.51. The van der Waals surface area contributed by atoms with Gasteiger partial charge in [0, 0.05) is 32.6 Å². The number of methoxy groups -OCH3 is 2. The Kier molecular flexibility index (Phi) is 8.59. The number of rotatable bonds is 11. The van der Waals surface area contributed by atoms with Crippen molar-refractivity contribution in [3.63, 3.8) is 0 Å². The highest BCUT2D eigenvalue weighted by molar-refractivity contribution is 7.91. The Labute approximate surface area is 243 Å². The Bertz CT molecular complexity index is 1660. The van der Waals surface area contributed by atoms with Gasteiger partial charge in [0.05, 0.1) is 42.0 Å². The van der Waals surface area contributed by atoms with Crippen LogP contribution in [0, 0.1) is 0 Å². The number of nitrogens with zero attached hydrogens (tertiary/aromatic N) is 5. The highest BCUT2D eigenvalue weighted by Gasteiger charge is 2.44. The van der Waals surface area contributed by atoms with Crippen LogP contribution in [-0.4, -0.2) is 84.7 Å². The fourth-order valence-electron chi connectivity index (χ4n) is 5.46. The van der Waals surface area contributed by atoms with Gasteiger partial charge in [-0.1, -0.05) is 18.2 Å². The van der Waals surface area contributed by atoms with Crippen molar-refractivity contribution >= 4 is 27.2 Å². The Morgan fingerprint density at radius 1 is 1.12 bits per heavy atom. The van der Waals surface area contributed by atoms with Crippen molar-refractivity contribution in [1.29, 1.82) is 0 Å². The first-order valence-electron chi connectivity index (χ1n) is 13.6. The lowest BCUT2D eigenvalue weighted by molar-refractivity contribution is -0.156. The number of carbonyl (C=O) groups is 1. The second kappa shape index (κ2) is 12.2. The first kappa shape index (κ1) is 29.6. The summed E-state index contributed by atoms with van der Waals surface area (Å²) in [5.41, 5.74) is 8.26. The van der Waals surface area contributed by atoms with E-state index in [1.165, 1.54) is 11.6 Å². The number of para-hydroxylation sites is 1. The molecule has 0 atom stereocenters. The van der Waals surface area contributed by atoms with Crippen LogP contribution in [0.5, 0.6) is 0 Å².